The van der Waals surface area contributed by atoms with Crippen molar-refractivity contribution in [3.05, 3.63) is 70.7 Å². The van der Waals surface area contributed by atoms with Crippen LogP contribution in [0.15, 0.2) is 54.7 Å². The Bertz CT molecular complexity index is 1080. The SMILES string of the molecule is Cc1ccc2c(c1)c(C(=O)C(=O)c1cc3ccccc3s1)cn2C. The van der Waals surface area contributed by atoms with Crippen LogP contribution in [0.3, 0.4) is 0 Å². The van der Waals surface area contributed by atoms with Crippen molar-refractivity contribution in [2.24, 2.45) is 7.05 Å². The van der Waals surface area contributed by atoms with Crippen LogP contribution in [0.25, 0.3) is 21.0 Å². The predicted molar refractivity (Wildman–Crippen MR) is 98.1 cm³/mol. The number of carbonyl (C=O) groups is 2. The number of aryl methyl sites for hydroxylation is 2. The number of thiophene rings is 1. The zero-order valence-electron chi connectivity index (χ0n) is 13.4. The second-order valence-corrected chi connectivity index (χ2v) is 7.06. The third-order valence-corrected chi connectivity index (χ3v) is 5.36. The van der Waals surface area contributed by atoms with E-state index in [1.165, 1.54) is 11.3 Å². The summed E-state index contributed by atoms with van der Waals surface area (Å²) in [4.78, 5) is 26.0. The molecule has 4 aromatic rings. The average Bonchev–Trinajstić information content (AvgIpc) is 3.15. The monoisotopic (exact) mass is 333 g/mol. The van der Waals surface area contributed by atoms with Crippen LogP contribution in [0.4, 0.5) is 0 Å². The molecule has 0 aliphatic heterocycles. The van der Waals surface area contributed by atoms with Crippen molar-refractivity contribution >= 4 is 43.9 Å². The molecule has 3 nitrogen and oxygen atoms in total. The Morgan fingerprint density at radius 3 is 2.58 bits per heavy atom. The molecule has 24 heavy (non-hydrogen) atoms. The lowest BCUT2D eigenvalue weighted by Gasteiger charge is -1.98. The van der Waals surface area contributed by atoms with Crippen molar-refractivity contribution in [1.29, 1.82) is 0 Å². The number of benzene rings is 2. The van der Waals surface area contributed by atoms with E-state index in [1.54, 1.807) is 12.3 Å². The molecular formula is C20H15NO2S. The van der Waals surface area contributed by atoms with Gasteiger partial charge >= 0.3 is 0 Å². The molecule has 2 aromatic carbocycles. The predicted octanol–water partition coefficient (Wildman–Crippen LogP) is 4.77. The summed E-state index contributed by atoms with van der Waals surface area (Å²) in [5, 5.41) is 1.82. The molecular weight excluding hydrogens is 318 g/mol. The average molecular weight is 333 g/mol. The Morgan fingerprint density at radius 1 is 1.00 bits per heavy atom. The van der Waals surface area contributed by atoms with Crippen molar-refractivity contribution in [3.8, 4) is 0 Å². The summed E-state index contributed by atoms with van der Waals surface area (Å²) in [6, 6.07) is 15.5. The molecule has 0 bridgehead atoms. The van der Waals surface area contributed by atoms with Gasteiger partial charge in [-0.05, 0) is 36.6 Å². The Hall–Kier alpha value is -2.72. The first kappa shape index (κ1) is 14.8. The summed E-state index contributed by atoms with van der Waals surface area (Å²) in [6.45, 7) is 1.98. The molecule has 0 N–H and O–H groups in total. The van der Waals surface area contributed by atoms with Gasteiger partial charge in [-0.1, -0.05) is 29.8 Å². The Morgan fingerprint density at radius 2 is 1.79 bits per heavy atom. The molecule has 4 heteroatoms. The zero-order valence-corrected chi connectivity index (χ0v) is 14.2. The van der Waals surface area contributed by atoms with Crippen molar-refractivity contribution in [2.75, 3.05) is 0 Å². The molecule has 0 aliphatic rings. The first-order chi connectivity index (χ1) is 11.5. The molecule has 0 unspecified atom stereocenters. The van der Waals surface area contributed by atoms with E-state index in [4.69, 9.17) is 0 Å². The number of aromatic nitrogens is 1. The number of Topliss-reactive ketones (excluding diaryl/α,β-unsaturated/α-hetero) is 2. The Kier molecular flexibility index (Phi) is 3.36. The van der Waals surface area contributed by atoms with Gasteiger partial charge in [0.05, 0.1) is 10.4 Å². The maximum absolute atomic E-state index is 12.8. The van der Waals surface area contributed by atoms with E-state index in [9.17, 15) is 9.59 Å². The van der Waals surface area contributed by atoms with Crippen molar-refractivity contribution < 1.29 is 9.59 Å². The molecule has 0 amide bonds. The lowest BCUT2D eigenvalue weighted by Crippen LogP contribution is -2.12. The highest BCUT2D eigenvalue weighted by atomic mass is 32.1. The number of carbonyl (C=O) groups excluding carboxylic acids is 2. The molecule has 0 saturated carbocycles. The van der Waals surface area contributed by atoms with Gasteiger partial charge in [-0.2, -0.15) is 0 Å². The van der Waals surface area contributed by atoms with E-state index in [2.05, 4.69) is 0 Å². The minimum Gasteiger partial charge on any atom is -0.350 e. The fourth-order valence-electron chi connectivity index (χ4n) is 3.01. The van der Waals surface area contributed by atoms with E-state index >= 15 is 0 Å². The van der Waals surface area contributed by atoms with Gasteiger partial charge in [0.25, 0.3) is 0 Å². The summed E-state index contributed by atoms with van der Waals surface area (Å²) in [6.07, 6.45) is 1.75. The summed E-state index contributed by atoms with van der Waals surface area (Å²) in [5.41, 5.74) is 2.49. The van der Waals surface area contributed by atoms with Gasteiger partial charge in [-0.15, -0.1) is 11.3 Å². The second kappa shape index (κ2) is 5.42. The smallest absolute Gasteiger partial charge is 0.243 e. The highest BCUT2D eigenvalue weighted by Crippen LogP contribution is 2.28. The minimum atomic E-state index is -0.447. The van der Waals surface area contributed by atoms with E-state index in [1.807, 2.05) is 61.0 Å². The number of hydrogen-bond acceptors (Lipinski definition) is 3. The van der Waals surface area contributed by atoms with Crippen molar-refractivity contribution in [2.45, 2.75) is 6.92 Å². The van der Waals surface area contributed by atoms with Crippen molar-refractivity contribution in [3.63, 3.8) is 0 Å². The van der Waals surface area contributed by atoms with Gasteiger partial charge in [-0.25, -0.2) is 0 Å². The van der Waals surface area contributed by atoms with E-state index in [-0.39, 0.29) is 0 Å². The van der Waals surface area contributed by atoms with Gasteiger partial charge in [0, 0.05) is 28.8 Å². The molecule has 2 heterocycles. The number of fused-ring (bicyclic) bond motifs is 2. The third kappa shape index (κ3) is 2.27. The molecule has 2 aromatic heterocycles. The van der Waals surface area contributed by atoms with Gasteiger partial charge in [0.2, 0.25) is 11.6 Å². The van der Waals surface area contributed by atoms with Crippen LogP contribution in [0.5, 0.6) is 0 Å². The van der Waals surface area contributed by atoms with Crippen LogP contribution >= 0.6 is 11.3 Å². The highest BCUT2D eigenvalue weighted by Gasteiger charge is 2.24. The van der Waals surface area contributed by atoms with E-state index in [0.717, 1.165) is 26.6 Å². The van der Waals surface area contributed by atoms with Gasteiger partial charge < -0.3 is 4.57 Å². The van der Waals surface area contributed by atoms with Gasteiger partial charge in [0.15, 0.2) is 0 Å². The molecule has 0 radical (unpaired) electrons. The van der Waals surface area contributed by atoms with Crippen LogP contribution in [-0.2, 0) is 7.05 Å². The van der Waals surface area contributed by atoms with Crippen LogP contribution in [0, 0.1) is 6.92 Å². The fraction of sp³-hybridized carbons (Fsp3) is 0.100. The minimum absolute atomic E-state index is 0.440. The lowest BCUT2D eigenvalue weighted by molar-refractivity contribution is 0.0820. The maximum atomic E-state index is 12.8. The molecule has 118 valence electrons. The van der Waals surface area contributed by atoms with E-state index in [0.29, 0.717) is 10.4 Å². The van der Waals surface area contributed by atoms with Crippen LogP contribution in [0.2, 0.25) is 0 Å². The first-order valence-corrected chi connectivity index (χ1v) is 8.49. The van der Waals surface area contributed by atoms with Crippen molar-refractivity contribution in [1.82, 2.24) is 4.57 Å². The number of ketones is 2. The molecule has 0 aliphatic carbocycles. The Balaban J connectivity index is 1.80. The zero-order chi connectivity index (χ0) is 16.8. The van der Waals surface area contributed by atoms with Crippen LogP contribution in [-0.4, -0.2) is 16.1 Å². The van der Waals surface area contributed by atoms with Crippen LogP contribution < -0.4 is 0 Å². The largest absolute Gasteiger partial charge is 0.350 e. The number of hydrogen-bond donors (Lipinski definition) is 0. The summed E-state index contributed by atoms with van der Waals surface area (Å²) >= 11 is 1.37. The quantitative estimate of drug-likeness (QED) is 0.400. The summed E-state index contributed by atoms with van der Waals surface area (Å²) < 4.78 is 2.91. The van der Waals surface area contributed by atoms with Crippen LogP contribution in [0.1, 0.15) is 25.6 Å². The summed E-state index contributed by atoms with van der Waals surface area (Å²) in [5.74, 6) is -0.886. The lowest BCUT2D eigenvalue weighted by atomic mass is 10.0. The fourth-order valence-corrected chi connectivity index (χ4v) is 4.01. The molecule has 0 atom stereocenters. The number of nitrogens with zero attached hydrogens (tertiary/aromatic N) is 1. The van der Waals surface area contributed by atoms with E-state index < -0.39 is 11.6 Å². The maximum Gasteiger partial charge on any atom is 0.243 e. The van der Waals surface area contributed by atoms with Gasteiger partial charge in [-0.3, -0.25) is 9.59 Å². The molecule has 0 fully saturated rings. The topological polar surface area (TPSA) is 39.1 Å². The number of rotatable bonds is 3. The molecule has 0 spiro atoms. The van der Waals surface area contributed by atoms with Gasteiger partial charge in [0.1, 0.15) is 0 Å². The first-order valence-electron chi connectivity index (χ1n) is 7.68. The third-order valence-electron chi connectivity index (χ3n) is 4.25. The molecule has 0 saturated heterocycles. The standard InChI is InChI=1S/C20H15NO2S/c1-12-7-8-16-14(9-12)15(11-21(16)2)19(22)20(23)18-10-13-5-3-4-6-17(13)24-18/h3-11H,1-2H3. The normalized spacial score (nSPS) is 11.2. The second-order valence-electron chi connectivity index (χ2n) is 5.98. The molecule has 4 rings (SSSR count). The highest BCUT2D eigenvalue weighted by molar-refractivity contribution is 7.21. The Labute approximate surface area is 143 Å². The summed E-state index contributed by atoms with van der Waals surface area (Å²) in [7, 11) is 1.89.